The first-order chi connectivity index (χ1) is 7.13. The molecular weight excluding hydrogens is 202 g/mol. The zero-order valence-corrected chi connectivity index (χ0v) is 7.93. The molecule has 1 amide bonds. The van der Waals surface area contributed by atoms with Crippen LogP contribution in [-0.2, 0) is 4.79 Å². The predicted octanol–water partition coefficient (Wildman–Crippen LogP) is -0.700. The van der Waals surface area contributed by atoms with Crippen LogP contribution in [0.5, 0.6) is 5.88 Å². The largest absolute Gasteiger partial charge is 0.479 e. The summed E-state index contributed by atoms with van der Waals surface area (Å²) in [4.78, 5) is 21.2. The highest BCUT2D eigenvalue weighted by Crippen LogP contribution is 2.04. The lowest BCUT2D eigenvalue weighted by molar-refractivity contribution is -0.139. The van der Waals surface area contributed by atoms with Crippen LogP contribution in [0.1, 0.15) is 10.5 Å². The van der Waals surface area contributed by atoms with E-state index < -0.39 is 12.6 Å². The van der Waals surface area contributed by atoms with Crippen molar-refractivity contribution in [3.8, 4) is 5.88 Å². The van der Waals surface area contributed by atoms with Gasteiger partial charge in [0.15, 0.2) is 12.3 Å². The first-order valence-electron chi connectivity index (χ1n) is 4.04. The van der Waals surface area contributed by atoms with Gasteiger partial charge in [0.1, 0.15) is 0 Å². The Morgan fingerprint density at radius 3 is 2.67 bits per heavy atom. The minimum Gasteiger partial charge on any atom is -0.479 e. The van der Waals surface area contributed by atoms with Crippen LogP contribution in [0, 0.1) is 0 Å². The molecule has 0 unspecified atom stereocenters. The Labute approximate surface area is 85.1 Å². The third kappa shape index (κ3) is 3.22. The topological polar surface area (TPSA) is 101 Å². The normalized spacial score (nSPS) is 9.40. The van der Waals surface area contributed by atoms with Crippen LogP contribution < -0.4 is 10.1 Å². The van der Waals surface area contributed by atoms with Crippen molar-refractivity contribution in [1.82, 2.24) is 15.5 Å². The van der Waals surface area contributed by atoms with Gasteiger partial charge >= 0.3 is 5.97 Å². The SMILES string of the molecule is CNC(=O)c1ccc(OCC(=O)O)nn1. The molecule has 0 atom stereocenters. The maximum atomic E-state index is 11.0. The second-order valence-corrected chi connectivity index (χ2v) is 2.52. The molecular formula is C8H9N3O4. The summed E-state index contributed by atoms with van der Waals surface area (Å²) in [6, 6.07) is 2.77. The highest BCUT2D eigenvalue weighted by molar-refractivity contribution is 5.91. The monoisotopic (exact) mass is 211 g/mol. The van der Waals surface area contributed by atoms with Crippen molar-refractivity contribution in [1.29, 1.82) is 0 Å². The van der Waals surface area contributed by atoms with Crippen molar-refractivity contribution in [3.05, 3.63) is 17.8 Å². The van der Waals surface area contributed by atoms with Gasteiger partial charge in [-0.05, 0) is 6.07 Å². The molecule has 15 heavy (non-hydrogen) atoms. The molecule has 7 nitrogen and oxygen atoms in total. The Balaban J connectivity index is 2.64. The van der Waals surface area contributed by atoms with E-state index in [0.717, 1.165) is 0 Å². The molecule has 0 saturated carbocycles. The third-order valence-corrected chi connectivity index (χ3v) is 1.44. The molecule has 0 aromatic carbocycles. The van der Waals surface area contributed by atoms with E-state index in [1.807, 2.05) is 0 Å². The molecule has 7 heteroatoms. The first-order valence-corrected chi connectivity index (χ1v) is 4.04. The van der Waals surface area contributed by atoms with E-state index in [0.29, 0.717) is 0 Å². The Hall–Kier alpha value is -2.18. The number of aliphatic carboxylic acids is 1. The number of nitrogens with one attached hydrogen (secondary N) is 1. The number of hydrogen-bond donors (Lipinski definition) is 2. The van der Waals surface area contributed by atoms with Crippen molar-refractivity contribution in [2.24, 2.45) is 0 Å². The average molecular weight is 211 g/mol. The number of carboxylic acids is 1. The highest BCUT2D eigenvalue weighted by Gasteiger charge is 2.06. The number of ether oxygens (including phenoxy) is 1. The first kappa shape index (κ1) is 10.9. The minimum absolute atomic E-state index is 0.0602. The lowest BCUT2D eigenvalue weighted by Crippen LogP contribution is -2.19. The van der Waals surface area contributed by atoms with Crippen LogP contribution in [0.2, 0.25) is 0 Å². The highest BCUT2D eigenvalue weighted by atomic mass is 16.5. The number of carbonyl (C=O) groups excluding carboxylic acids is 1. The molecule has 0 spiro atoms. The number of nitrogens with zero attached hydrogens (tertiary/aromatic N) is 2. The maximum absolute atomic E-state index is 11.0. The van der Waals surface area contributed by atoms with E-state index in [1.165, 1.54) is 19.2 Å². The number of hydrogen-bond acceptors (Lipinski definition) is 5. The fourth-order valence-corrected chi connectivity index (χ4v) is 0.782. The molecule has 2 N–H and O–H groups in total. The van der Waals surface area contributed by atoms with Gasteiger partial charge in [0, 0.05) is 13.1 Å². The Bertz CT molecular complexity index is 363. The summed E-state index contributed by atoms with van der Waals surface area (Å²) in [5, 5.41) is 17.8. The summed E-state index contributed by atoms with van der Waals surface area (Å²) in [7, 11) is 1.47. The van der Waals surface area contributed by atoms with Crippen LogP contribution in [0.15, 0.2) is 12.1 Å². The van der Waals surface area contributed by atoms with Gasteiger partial charge in [0.25, 0.3) is 5.91 Å². The summed E-state index contributed by atoms with van der Waals surface area (Å²) in [6.07, 6.45) is 0. The minimum atomic E-state index is -1.10. The van der Waals surface area contributed by atoms with Gasteiger partial charge in [0.2, 0.25) is 5.88 Å². The number of carboxylic acid groups (broad SMARTS) is 1. The predicted molar refractivity (Wildman–Crippen MR) is 48.6 cm³/mol. The van der Waals surface area contributed by atoms with Crippen molar-refractivity contribution in [2.75, 3.05) is 13.7 Å². The second kappa shape index (κ2) is 4.89. The lowest BCUT2D eigenvalue weighted by Gasteiger charge is -2.01. The Morgan fingerprint density at radius 1 is 1.47 bits per heavy atom. The van der Waals surface area contributed by atoms with Gasteiger partial charge < -0.3 is 15.2 Å². The number of carbonyl (C=O) groups is 2. The molecule has 0 radical (unpaired) electrons. The molecule has 1 aromatic rings. The molecule has 0 fully saturated rings. The zero-order valence-electron chi connectivity index (χ0n) is 7.93. The van der Waals surface area contributed by atoms with Crippen molar-refractivity contribution >= 4 is 11.9 Å². The van der Waals surface area contributed by atoms with Crippen LogP contribution in [0.25, 0.3) is 0 Å². The molecule has 1 heterocycles. The fraction of sp³-hybridized carbons (Fsp3) is 0.250. The van der Waals surface area contributed by atoms with Gasteiger partial charge in [-0.3, -0.25) is 4.79 Å². The molecule has 1 rings (SSSR count). The standard InChI is InChI=1S/C8H9N3O4/c1-9-8(14)5-2-3-6(11-10-5)15-4-7(12)13/h2-3H,4H2,1H3,(H,9,14)(H,12,13). The Morgan fingerprint density at radius 2 is 2.20 bits per heavy atom. The van der Waals surface area contributed by atoms with Crippen LogP contribution in [0.4, 0.5) is 0 Å². The molecule has 0 aliphatic carbocycles. The van der Waals surface area contributed by atoms with Crippen LogP contribution in [0.3, 0.4) is 0 Å². The van der Waals surface area contributed by atoms with Crippen molar-refractivity contribution in [3.63, 3.8) is 0 Å². The Kier molecular flexibility index (Phi) is 3.55. The summed E-state index contributed by atoms with van der Waals surface area (Å²) in [6.45, 7) is -0.492. The molecule has 0 bridgehead atoms. The van der Waals surface area contributed by atoms with Gasteiger partial charge in [-0.2, -0.15) is 0 Å². The summed E-state index contributed by atoms with van der Waals surface area (Å²) >= 11 is 0. The quantitative estimate of drug-likeness (QED) is 0.682. The molecule has 80 valence electrons. The van der Waals surface area contributed by atoms with Gasteiger partial charge in [-0.15, -0.1) is 10.2 Å². The van der Waals surface area contributed by atoms with E-state index >= 15 is 0 Å². The average Bonchev–Trinajstić information content (AvgIpc) is 2.26. The molecule has 0 saturated heterocycles. The number of aromatic nitrogens is 2. The summed E-state index contributed by atoms with van der Waals surface area (Å²) < 4.78 is 4.73. The second-order valence-electron chi connectivity index (χ2n) is 2.52. The fourth-order valence-electron chi connectivity index (χ4n) is 0.782. The van der Waals surface area contributed by atoms with Gasteiger partial charge in [-0.25, -0.2) is 4.79 Å². The third-order valence-electron chi connectivity index (χ3n) is 1.44. The smallest absolute Gasteiger partial charge is 0.341 e. The molecule has 0 aliphatic rings. The van der Waals surface area contributed by atoms with Gasteiger partial charge in [-0.1, -0.05) is 0 Å². The number of amides is 1. The lowest BCUT2D eigenvalue weighted by atomic mass is 10.4. The van der Waals surface area contributed by atoms with Crippen molar-refractivity contribution in [2.45, 2.75) is 0 Å². The van der Waals surface area contributed by atoms with E-state index in [-0.39, 0.29) is 17.5 Å². The van der Waals surface area contributed by atoms with Crippen molar-refractivity contribution < 1.29 is 19.4 Å². The zero-order chi connectivity index (χ0) is 11.3. The van der Waals surface area contributed by atoms with E-state index in [2.05, 4.69) is 15.5 Å². The number of rotatable bonds is 4. The summed E-state index contributed by atoms with van der Waals surface area (Å²) in [5.74, 6) is -1.41. The van der Waals surface area contributed by atoms with E-state index in [4.69, 9.17) is 9.84 Å². The molecule has 1 aromatic heterocycles. The van der Waals surface area contributed by atoms with Crippen LogP contribution in [-0.4, -0.2) is 40.8 Å². The van der Waals surface area contributed by atoms with Gasteiger partial charge in [0.05, 0.1) is 0 Å². The maximum Gasteiger partial charge on any atom is 0.341 e. The summed E-state index contributed by atoms with van der Waals surface area (Å²) in [5.41, 5.74) is 0.139. The van der Waals surface area contributed by atoms with Crippen LogP contribution >= 0.6 is 0 Å². The molecule has 0 aliphatic heterocycles. The van der Waals surface area contributed by atoms with E-state index in [9.17, 15) is 9.59 Å². The van der Waals surface area contributed by atoms with E-state index in [1.54, 1.807) is 0 Å².